The summed E-state index contributed by atoms with van der Waals surface area (Å²) >= 11 is 0. The van der Waals surface area contributed by atoms with E-state index in [0.717, 1.165) is 12.5 Å². The molecule has 0 bridgehead atoms. The van der Waals surface area contributed by atoms with E-state index in [1.807, 2.05) is 0 Å². The van der Waals surface area contributed by atoms with Gasteiger partial charge in [0.1, 0.15) is 6.04 Å². The highest BCUT2D eigenvalue weighted by molar-refractivity contribution is 5.84. The van der Waals surface area contributed by atoms with E-state index >= 15 is 0 Å². The maximum Gasteiger partial charge on any atom is 0.326 e. The maximum atomic E-state index is 11.5. The predicted molar refractivity (Wildman–Crippen MR) is 55.5 cm³/mol. The van der Waals surface area contributed by atoms with E-state index in [4.69, 9.17) is 5.11 Å². The lowest BCUT2D eigenvalue weighted by Crippen LogP contribution is -2.44. The molecule has 1 unspecified atom stereocenters. The van der Waals surface area contributed by atoms with Crippen LogP contribution >= 0.6 is 0 Å². The second-order valence-electron chi connectivity index (χ2n) is 4.09. The van der Waals surface area contributed by atoms with Crippen LogP contribution in [0.2, 0.25) is 0 Å². The summed E-state index contributed by atoms with van der Waals surface area (Å²) < 4.78 is 0. The number of rotatable bonds is 6. The number of nitrogens with one attached hydrogen (secondary N) is 1. The Morgan fingerprint density at radius 1 is 1.53 bits per heavy atom. The number of amides is 1. The molecular formula is C10H18N2O3. The van der Waals surface area contributed by atoms with Crippen molar-refractivity contribution in [2.45, 2.75) is 25.8 Å². The van der Waals surface area contributed by atoms with Crippen molar-refractivity contribution in [1.82, 2.24) is 10.2 Å². The molecule has 0 spiro atoms. The molecular weight excluding hydrogens is 196 g/mol. The summed E-state index contributed by atoms with van der Waals surface area (Å²) in [6.07, 6.45) is 2.48. The van der Waals surface area contributed by atoms with E-state index < -0.39 is 12.0 Å². The molecule has 1 aliphatic carbocycles. The number of carboxylic acid groups (broad SMARTS) is 1. The van der Waals surface area contributed by atoms with Gasteiger partial charge in [0, 0.05) is 7.05 Å². The van der Waals surface area contributed by atoms with Gasteiger partial charge in [-0.05, 0) is 32.2 Å². The van der Waals surface area contributed by atoms with Gasteiger partial charge in [-0.3, -0.25) is 4.79 Å². The molecule has 1 atom stereocenters. The molecule has 1 amide bonds. The highest BCUT2D eigenvalue weighted by Crippen LogP contribution is 2.27. The number of hydrogen-bond acceptors (Lipinski definition) is 3. The molecule has 15 heavy (non-hydrogen) atoms. The summed E-state index contributed by atoms with van der Waals surface area (Å²) in [6.45, 7) is 2.59. The first-order chi connectivity index (χ1) is 7.02. The third-order valence-corrected chi connectivity index (χ3v) is 2.74. The fourth-order valence-corrected chi connectivity index (χ4v) is 1.21. The Morgan fingerprint density at radius 2 is 2.13 bits per heavy atom. The van der Waals surface area contributed by atoms with Gasteiger partial charge in [-0.15, -0.1) is 0 Å². The van der Waals surface area contributed by atoms with Crippen molar-refractivity contribution in [3.05, 3.63) is 0 Å². The van der Waals surface area contributed by atoms with Crippen LogP contribution < -0.4 is 5.32 Å². The van der Waals surface area contributed by atoms with Crippen LogP contribution in [0.5, 0.6) is 0 Å². The zero-order valence-corrected chi connectivity index (χ0v) is 9.19. The highest BCUT2D eigenvalue weighted by Gasteiger charge is 2.23. The molecule has 0 heterocycles. The Balaban J connectivity index is 2.21. The molecule has 5 heteroatoms. The first-order valence-electron chi connectivity index (χ1n) is 5.21. The lowest BCUT2D eigenvalue weighted by Gasteiger charge is -2.21. The topological polar surface area (TPSA) is 69.6 Å². The first kappa shape index (κ1) is 12.0. The van der Waals surface area contributed by atoms with Crippen LogP contribution in [0.3, 0.4) is 0 Å². The molecule has 0 aromatic rings. The van der Waals surface area contributed by atoms with Gasteiger partial charge in [-0.25, -0.2) is 4.79 Å². The number of carbonyl (C=O) groups excluding carboxylic acids is 1. The number of carbonyl (C=O) groups is 2. The van der Waals surface area contributed by atoms with Crippen molar-refractivity contribution in [2.24, 2.45) is 5.92 Å². The van der Waals surface area contributed by atoms with E-state index in [1.165, 1.54) is 31.7 Å². The number of aliphatic carboxylic acids is 1. The third kappa shape index (κ3) is 3.87. The Labute approximate surface area is 89.4 Å². The molecule has 0 aromatic heterocycles. The Morgan fingerprint density at radius 3 is 2.60 bits per heavy atom. The number of nitrogens with zero attached hydrogens (tertiary/aromatic N) is 1. The molecule has 86 valence electrons. The third-order valence-electron chi connectivity index (χ3n) is 2.74. The average Bonchev–Trinajstić information content (AvgIpc) is 2.99. The zero-order valence-electron chi connectivity index (χ0n) is 9.19. The lowest BCUT2D eigenvalue weighted by molar-refractivity contribution is -0.147. The van der Waals surface area contributed by atoms with Crippen LogP contribution in [0.1, 0.15) is 19.8 Å². The van der Waals surface area contributed by atoms with Crippen molar-refractivity contribution >= 4 is 11.9 Å². The summed E-state index contributed by atoms with van der Waals surface area (Å²) in [5.74, 6) is -0.432. The minimum Gasteiger partial charge on any atom is -0.480 e. The van der Waals surface area contributed by atoms with Crippen LogP contribution in [-0.4, -0.2) is 48.1 Å². The summed E-state index contributed by atoms with van der Waals surface area (Å²) in [4.78, 5) is 23.4. The highest BCUT2D eigenvalue weighted by atomic mass is 16.4. The fraction of sp³-hybridized carbons (Fsp3) is 0.800. The maximum absolute atomic E-state index is 11.5. The van der Waals surface area contributed by atoms with Gasteiger partial charge in [0.05, 0.1) is 6.54 Å². The summed E-state index contributed by atoms with van der Waals surface area (Å²) in [5.41, 5.74) is 0. The molecule has 0 aliphatic heterocycles. The van der Waals surface area contributed by atoms with Gasteiger partial charge in [-0.2, -0.15) is 0 Å². The van der Waals surface area contributed by atoms with Crippen LogP contribution in [0.15, 0.2) is 0 Å². The van der Waals surface area contributed by atoms with Crippen LogP contribution in [0, 0.1) is 5.92 Å². The first-order valence-corrected chi connectivity index (χ1v) is 5.21. The lowest BCUT2D eigenvalue weighted by atomic mass is 10.3. The normalized spacial score (nSPS) is 17.2. The molecule has 0 radical (unpaired) electrons. The van der Waals surface area contributed by atoms with Crippen LogP contribution in [-0.2, 0) is 9.59 Å². The number of likely N-dealkylation sites (N-methyl/N-ethyl adjacent to an activating group) is 1. The van der Waals surface area contributed by atoms with Crippen molar-refractivity contribution in [1.29, 1.82) is 0 Å². The minimum atomic E-state index is -0.979. The largest absolute Gasteiger partial charge is 0.480 e. The van der Waals surface area contributed by atoms with Gasteiger partial charge < -0.3 is 15.3 Å². The molecule has 1 saturated carbocycles. The van der Waals surface area contributed by atoms with Gasteiger partial charge >= 0.3 is 5.97 Å². The second kappa shape index (κ2) is 5.11. The fourth-order valence-electron chi connectivity index (χ4n) is 1.21. The summed E-state index contributed by atoms with van der Waals surface area (Å²) in [7, 11) is 1.51. The second-order valence-corrected chi connectivity index (χ2v) is 4.09. The van der Waals surface area contributed by atoms with Gasteiger partial charge in [0.25, 0.3) is 0 Å². The molecule has 2 N–H and O–H groups in total. The van der Waals surface area contributed by atoms with E-state index in [1.54, 1.807) is 0 Å². The predicted octanol–water partition coefficient (Wildman–Crippen LogP) is -0.0825. The van der Waals surface area contributed by atoms with Crippen molar-refractivity contribution in [3.63, 3.8) is 0 Å². The smallest absolute Gasteiger partial charge is 0.326 e. The van der Waals surface area contributed by atoms with E-state index in [2.05, 4.69) is 5.32 Å². The van der Waals surface area contributed by atoms with Gasteiger partial charge in [-0.1, -0.05) is 0 Å². The molecule has 1 fully saturated rings. The molecule has 0 aromatic carbocycles. The minimum absolute atomic E-state index is 0.175. The quantitative estimate of drug-likeness (QED) is 0.648. The van der Waals surface area contributed by atoms with E-state index in [9.17, 15) is 9.59 Å². The van der Waals surface area contributed by atoms with Crippen LogP contribution in [0.4, 0.5) is 0 Å². The van der Waals surface area contributed by atoms with Gasteiger partial charge in [0.2, 0.25) is 5.91 Å². The average molecular weight is 214 g/mol. The molecule has 5 nitrogen and oxygen atoms in total. The van der Waals surface area contributed by atoms with E-state index in [-0.39, 0.29) is 12.5 Å². The molecule has 1 rings (SSSR count). The number of hydrogen-bond donors (Lipinski definition) is 2. The zero-order chi connectivity index (χ0) is 11.4. The van der Waals surface area contributed by atoms with Crippen LogP contribution in [0.25, 0.3) is 0 Å². The number of carboxylic acids is 1. The Hall–Kier alpha value is -1.10. The monoisotopic (exact) mass is 214 g/mol. The standard InChI is InChI=1S/C10H18N2O3/c1-7(10(14)15)12(2)9(13)6-11-5-8-3-4-8/h7-8,11H,3-6H2,1-2H3,(H,14,15). The van der Waals surface area contributed by atoms with Crippen molar-refractivity contribution < 1.29 is 14.7 Å². The molecule has 1 aliphatic rings. The SMILES string of the molecule is CC(C(=O)O)N(C)C(=O)CNCC1CC1. The van der Waals surface area contributed by atoms with Gasteiger partial charge in [0.15, 0.2) is 0 Å². The Kier molecular flexibility index (Phi) is 4.08. The van der Waals surface area contributed by atoms with E-state index in [0.29, 0.717) is 0 Å². The molecule has 0 saturated heterocycles. The summed E-state index contributed by atoms with van der Waals surface area (Å²) in [6, 6.07) is -0.764. The van der Waals surface area contributed by atoms with Crippen molar-refractivity contribution in [3.8, 4) is 0 Å². The summed E-state index contributed by atoms with van der Waals surface area (Å²) in [5, 5.41) is 11.7. The Bertz CT molecular complexity index is 251. The van der Waals surface area contributed by atoms with Crippen molar-refractivity contribution in [2.75, 3.05) is 20.1 Å².